The van der Waals surface area contributed by atoms with Gasteiger partial charge in [0.25, 0.3) is 15.7 Å². The van der Waals surface area contributed by atoms with Crippen LogP contribution < -0.4 is 4.31 Å². The smallest absolute Gasteiger partial charge is 0.259 e. The van der Waals surface area contributed by atoms with E-state index in [-0.39, 0.29) is 10.6 Å². The van der Waals surface area contributed by atoms with Crippen LogP contribution in [0.25, 0.3) is 0 Å². The highest BCUT2D eigenvalue weighted by Crippen LogP contribution is 2.34. The average molecular weight is 417 g/mol. The monoisotopic (exact) mass is 416 g/mol. The predicted octanol–water partition coefficient (Wildman–Crippen LogP) is 5.20. The molecule has 0 unspecified atom stereocenters. The first-order valence-corrected chi connectivity index (χ1v) is 10.2. The van der Waals surface area contributed by atoms with Crippen LogP contribution in [0, 0.1) is 10.1 Å². The highest BCUT2D eigenvalue weighted by atomic mass is 35.5. The van der Waals surface area contributed by atoms with E-state index in [9.17, 15) is 18.5 Å². The SMILES string of the molecule is C[C@@H](c1ccccc1)N(c1cccc(Cl)c1)S(=O)(=O)c1ccc([N+](=O)[O-])cc1. The van der Waals surface area contributed by atoms with Gasteiger partial charge in [-0.3, -0.25) is 14.4 Å². The standard InChI is InChI=1S/C20H17ClN2O4S/c1-15(16-6-3-2-4-7-16)22(19-9-5-8-17(21)14-19)28(26,27)20-12-10-18(11-13-20)23(24)25/h2-15H,1H3/t15-/m0/s1. The molecular weight excluding hydrogens is 400 g/mol. The Balaban J connectivity index is 2.13. The number of benzene rings is 3. The molecule has 1 atom stereocenters. The maximum absolute atomic E-state index is 13.5. The molecule has 0 aliphatic rings. The number of halogens is 1. The van der Waals surface area contributed by atoms with E-state index in [1.54, 1.807) is 31.2 Å². The summed E-state index contributed by atoms with van der Waals surface area (Å²) in [5, 5.41) is 11.3. The van der Waals surface area contributed by atoms with Gasteiger partial charge in [-0.2, -0.15) is 0 Å². The van der Waals surface area contributed by atoms with Gasteiger partial charge in [-0.25, -0.2) is 8.42 Å². The normalized spacial score (nSPS) is 12.4. The van der Waals surface area contributed by atoms with Gasteiger partial charge in [0, 0.05) is 17.2 Å². The molecule has 144 valence electrons. The van der Waals surface area contributed by atoms with Crippen molar-refractivity contribution in [2.24, 2.45) is 0 Å². The topological polar surface area (TPSA) is 80.5 Å². The van der Waals surface area contributed by atoms with Crippen LogP contribution >= 0.6 is 11.6 Å². The van der Waals surface area contributed by atoms with E-state index in [0.29, 0.717) is 10.7 Å². The number of hydrogen-bond donors (Lipinski definition) is 0. The summed E-state index contributed by atoms with van der Waals surface area (Å²) in [6.07, 6.45) is 0. The Bertz CT molecular complexity index is 1090. The number of anilines is 1. The molecule has 0 aliphatic heterocycles. The molecule has 0 fully saturated rings. The Labute approximate surface area is 168 Å². The van der Waals surface area contributed by atoms with E-state index in [2.05, 4.69) is 0 Å². The lowest BCUT2D eigenvalue weighted by Crippen LogP contribution is -2.33. The second kappa shape index (κ2) is 8.00. The summed E-state index contributed by atoms with van der Waals surface area (Å²) in [7, 11) is -4.01. The van der Waals surface area contributed by atoms with E-state index in [1.165, 1.54) is 28.6 Å². The van der Waals surface area contributed by atoms with E-state index >= 15 is 0 Å². The molecule has 3 aromatic rings. The van der Waals surface area contributed by atoms with Gasteiger partial charge in [-0.1, -0.05) is 48.0 Å². The minimum atomic E-state index is -4.01. The molecule has 3 rings (SSSR count). The van der Waals surface area contributed by atoms with Crippen LogP contribution in [0.3, 0.4) is 0 Å². The Morgan fingerprint density at radius 2 is 1.61 bits per heavy atom. The molecule has 0 spiro atoms. The van der Waals surface area contributed by atoms with Crippen molar-refractivity contribution in [2.75, 3.05) is 4.31 Å². The minimum Gasteiger partial charge on any atom is -0.259 e. The summed E-state index contributed by atoms with van der Waals surface area (Å²) in [4.78, 5) is 10.3. The first kappa shape index (κ1) is 19.9. The maximum atomic E-state index is 13.5. The lowest BCUT2D eigenvalue weighted by Gasteiger charge is -2.31. The fraction of sp³-hybridized carbons (Fsp3) is 0.100. The summed E-state index contributed by atoms with van der Waals surface area (Å²) < 4.78 is 28.2. The van der Waals surface area contributed by atoms with Crippen molar-refractivity contribution in [1.29, 1.82) is 0 Å². The fourth-order valence-corrected chi connectivity index (χ4v) is 4.72. The summed E-state index contributed by atoms with van der Waals surface area (Å²) >= 11 is 6.09. The largest absolute Gasteiger partial charge is 0.269 e. The van der Waals surface area contributed by atoms with E-state index in [0.717, 1.165) is 5.56 Å². The highest BCUT2D eigenvalue weighted by Gasteiger charge is 2.31. The summed E-state index contributed by atoms with van der Waals surface area (Å²) in [5.41, 5.74) is 1.03. The lowest BCUT2D eigenvalue weighted by molar-refractivity contribution is -0.384. The van der Waals surface area contributed by atoms with Crippen LogP contribution in [-0.4, -0.2) is 13.3 Å². The first-order chi connectivity index (χ1) is 13.3. The Hall–Kier alpha value is -2.90. The number of hydrogen-bond acceptors (Lipinski definition) is 4. The highest BCUT2D eigenvalue weighted by molar-refractivity contribution is 7.92. The average Bonchev–Trinajstić information content (AvgIpc) is 2.68. The van der Waals surface area contributed by atoms with Gasteiger partial charge in [-0.05, 0) is 42.8 Å². The molecule has 0 aliphatic carbocycles. The van der Waals surface area contributed by atoms with Crippen LogP contribution in [0.4, 0.5) is 11.4 Å². The molecule has 0 radical (unpaired) electrons. The van der Waals surface area contributed by atoms with Gasteiger partial charge in [0.1, 0.15) is 0 Å². The van der Waals surface area contributed by atoms with Gasteiger partial charge in [0.15, 0.2) is 0 Å². The second-order valence-electron chi connectivity index (χ2n) is 6.12. The molecule has 6 nitrogen and oxygen atoms in total. The maximum Gasteiger partial charge on any atom is 0.269 e. The Morgan fingerprint density at radius 1 is 0.964 bits per heavy atom. The van der Waals surface area contributed by atoms with E-state index in [1.807, 2.05) is 30.3 Å². The Morgan fingerprint density at radius 3 is 2.18 bits per heavy atom. The lowest BCUT2D eigenvalue weighted by atomic mass is 10.1. The van der Waals surface area contributed by atoms with Crippen LogP contribution in [-0.2, 0) is 10.0 Å². The fourth-order valence-electron chi connectivity index (χ4n) is 2.90. The van der Waals surface area contributed by atoms with Crippen LogP contribution in [0.15, 0.2) is 83.8 Å². The van der Waals surface area contributed by atoms with Crippen molar-refractivity contribution < 1.29 is 13.3 Å². The summed E-state index contributed by atoms with van der Waals surface area (Å²) in [5.74, 6) is 0. The molecule has 0 heterocycles. The number of nitro benzene ring substituents is 1. The number of rotatable bonds is 6. The quantitative estimate of drug-likeness (QED) is 0.408. The zero-order valence-corrected chi connectivity index (χ0v) is 16.5. The van der Waals surface area contributed by atoms with Crippen molar-refractivity contribution in [2.45, 2.75) is 17.9 Å². The molecule has 28 heavy (non-hydrogen) atoms. The van der Waals surface area contributed by atoms with Crippen molar-refractivity contribution in [1.82, 2.24) is 0 Å². The van der Waals surface area contributed by atoms with Crippen LogP contribution in [0.2, 0.25) is 5.02 Å². The van der Waals surface area contributed by atoms with Gasteiger partial charge in [0.2, 0.25) is 0 Å². The zero-order chi connectivity index (χ0) is 20.3. The third-order valence-corrected chi connectivity index (χ3v) is 6.45. The van der Waals surface area contributed by atoms with Crippen molar-refractivity contribution in [3.63, 3.8) is 0 Å². The number of nitrogens with zero attached hydrogens (tertiary/aromatic N) is 2. The molecule has 3 aromatic carbocycles. The van der Waals surface area contributed by atoms with E-state index in [4.69, 9.17) is 11.6 Å². The third-order valence-electron chi connectivity index (χ3n) is 4.30. The molecule has 8 heteroatoms. The van der Waals surface area contributed by atoms with Gasteiger partial charge < -0.3 is 0 Å². The van der Waals surface area contributed by atoms with Crippen molar-refractivity contribution in [3.8, 4) is 0 Å². The number of sulfonamides is 1. The second-order valence-corrected chi connectivity index (χ2v) is 8.37. The molecule has 0 N–H and O–H groups in total. The van der Waals surface area contributed by atoms with Gasteiger partial charge in [0.05, 0.1) is 21.5 Å². The van der Waals surface area contributed by atoms with Crippen molar-refractivity contribution >= 4 is 33.0 Å². The van der Waals surface area contributed by atoms with E-state index < -0.39 is 21.0 Å². The summed E-state index contributed by atoms with van der Waals surface area (Å²) in [6, 6.07) is 20.1. The molecule has 0 saturated heterocycles. The van der Waals surface area contributed by atoms with Gasteiger partial charge >= 0.3 is 0 Å². The minimum absolute atomic E-state index is 0.0409. The summed E-state index contributed by atoms with van der Waals surface area (Å²) in [6.45, 7) is 1.78. The zero-order valence-electron chi connectivity index (χ0n) is 14.9. The van der Waals surface area contributed by atoms with Gasteiger partial charge in [-0.15, -0.1) is 0 Å². The van der Waals surface area contributed by atoms with Crippen LogP contribution in [0.5, 0.6) is 0 Å². The molecular formula is C20H17ClN2O4S. The molecule has 0 aromatic heterocycles. The molecule has 0 bridgehead atoms. The molecule has 0 amide bonds. The van der Waals surface area contributed by atoms with Crippen molar-refractivity contribution in [3.05, 3.63) is 99.6 Å². The van der Waals surface area contributed by atoms with Crippen LogP contribution in [0.1, 0.15) is 18.5 Å². The third kappa shape index (κ3) is 4.00. The molecule has 0 saturated carbocycles. The first-order valence-electron chi connectivity index (χ1n) is 8.40. The number of nitro groups is 1. The predicted molar refractivity (Wildman–Crippen MR) is 109 cm³/mol. The number of non-ortho nitro benzene ring substituents is 1. The Kier molecular flexibility index (Phi) is 5.67.